The summed E-state index contributed by atoms with van der Waals surface area (Å²) in [4.78, 5) is 27.6. The topological polar surface area (TPSA) is 86.8 Å². The van der Waals surface area contributed by atoms with Crippen LogP contribution in [-0.4, -0.2) is 50.5 Å². The first-order valence-corrected chi connectivity index (χ1v) is 13.0. The normalized spacial score (nSPS) is 12.3. The first kappa shape index (κ1) is 26.7. The minimum absolute atomic E-state index is 0.176. The zero-order chi connectivity index (χ0) is 24.8. The third-order valence-electron chi connectivity index (χ3n) is 5.08. The summed E-state index contributed by atoms with van der Waals surface area (Å²) in [5.74, 6) is -0.515. The molecule has 0 bridgehead atoms. The molecule has 0 spiro atoms. The Morgan fingerprint density at radius 3 is 2.24 bits per heavy atom. The monoisotopic (exact) mass is 493 g/mol. The number of amides is 2. The van der Waals surface area contributed by atoms with E-state index in [0.717, 1.165) is 21.7 Å². The van der Waals surface area contributed by atoms with Crippen LogP contribution in [0.4, 0.5) is 5.69 Å². The molecule has 7 nitrogen and oxygen atoms in total. The molecule has 180 valence electrons. The van der Waals surface area contributed by atoms with Gasteiger partial charge in [-0.3, -0.25) is 13.9 Å². The second-order valence-corrected chi connectivity index (χ2v) is 10.9. The highest BCUT2D eigenvalue weighted by Gasteiger charge is 2.30. The maximum Gasteiger partial charge on any atom is 0.244 e. The van der Waals surface area contributed by atoms with Crippen LogP contribution in [0.1, 0.15) is 31.9 Å². The van der Waals surface area contributed by atoms with E-state index in [4.69, 9.17) is 11.6 Å². The largest absolute Gasteiger partial charge is 0.354 e. The van der Waals surface area contributed by atoms with Gasteiger partial charge < -0.3 is 10.2 Å². The Hall–Kier alpha value is -2.58. The van der Waals surface area contributed by atoms with E-state index in [-0.39, 0.29) is 18.4 Å². The average molecular weight is 494 g/mol. The zero-order valence-corrected chi connectivity index (χ0v) is 21.3. The molecule has 0 heterocycles. The predicted molar refractivity (Wildman–Crippen MR) is 133 cm³/mol. The van der Waals surface area contributed by atoms with Crippen molar-refractivity contribution in [1.29, 1.82) is 0 Å². The van der Waals surface area contributed by atoms with Crippen LogP contribution in [0.15, 0.2) is 48.5 Å². The number of benzene rings is 2. The molecule has 0 aliphatic carbocycles. The summed E-state index contributed by atoms with van der Waals surface area (Å²) in [6.45, 7) is 7.78. The molecule has 0 fully saturated rings. The van der Waals surface area contributed by atoms with Gasteiger partial charge in [-0.2, -0.15) is 0 Å². The molecule has 2 rings (SSSR count). The van der Waals surface area contributed by atoms with Crippen LogP contribution in [0.5, 0.6) is 0 Å². The van der Waals surface area contributed by atoms with Crippen LogP contribution >= 0.6 is 11.6 Å². The molecule has 0 unspecified atom stereocenters. The number of nitrogens with one attached hydrogen (secondary N) is 1. The molecule has 33 heavy (non-hydrogen) atoms. The van der Waals surface area contributed by atoms with Crippen LogP contribution in [0, 0.1) is 12.8 Å². The quantitative estimate of drug-likeness (QED) is 0.547. The smallest absolute Gasteiger partial charge is 0.244 e. The fraction of sp³-hybridized carbons (Fsp3) is 0.417. The predicted octanol–water partition coefficient (Wildman–Crippen LogP) is 3.60. The van der Waals surface area contributed by atoms with Crippen LogP contribution in [0.25, 0.3) is 0 Å². The van der Waals surface area contributed by atoms with Gasteiger partial charge in [-0.1, -0.05) is 55.3 Å². The molecular weight excluding hydrogens is 462 g/mol. The minimum atomic E-state index is -3.76. The highest BCUT2D eigenvalue weighted by atomic mass is 35.5. The zero-order valence-electron chi connectivity index (χ0n) is 19.7. The number of rotatable bonds is 10. The summed E-state index contributed by atoms with van der Waals surface area (Å²) < 4.78 is 26.0. The molecule has 1 atom stereocenters. The van der Waals surface area contributed by atoms with Crippen molar-refractivity contribution >= 4 is 39.1 Å². The third-order valence-corrected chi connectivity index (χ3v) is 6.47. The van der Waals surface area contributed by atoms with Crippen molar-refractivity contribution in [3.8, 4) is 0 Å². The Morgan fingerprint density at radius 1 is 1.06 bits per heavy atom. The number of anilines is 1. The Bertz CT molecular complexity index is 1070. The maximum absolute atomic E-state index is 13.4. The van der Waals surface area contributed by atoms with Gasteiger partial charge in [0.05, 0.1) is 11.9 Å². The van der Waals surface area contributed by atoms with Crippen molar-refractivity contribution in [2.24, 2.45) is 5.92 Å². The molecule has 2 aromatic carbocycles. The number of hydrogen-bond donors (Lipinski definition) is 1. The molecule has 0 aliphatic rings. The number of halogens is 1. The Labute approximate surface area is 201 Å². The van der Waals surface area contributed by atoms with Crippen LogP contribution in [0.3, 0.4) is 0 Å². The van der Waals surface area contributed by atoms with Crippen molar-refractivity contribution in [1.82, 2.24) is 10.2 Å². The lowest BCUT2D eigenvalue weighted by atomic mass is 10.1. The van der Waals surface area contributed by atoms with Crippen LogP contribution in [0.2, 0.25) is 5.02 Å². The summed E-state index contributed by atoms with van der Waals surface area (Å²) in [6.07, 6.45) is 1.04. The van der Waals surface area contributed by atoms with Gasteiger partial charge in [0.1, 0.15) is 12.6 Å². The first-order chi connectivity index (χ1) is 15.4. The lowest BCUT2D eigenvalue weighted by Crippen LogP contribution is -2.51. The molecule has 0 radical (unpaired) electrons. The van der Waals surface area contributed by atoms with Crippen molar-refractivity contribution in [3.05, 3.63) is 64.7 Å². The number of carbonyl (C=O) groups is 2. The Kier molecular flexibility index (Phi) is 9.31. The summed E-state index contributed by atoms with van der Waals surface area (Å²) in [7, 11) is -3.76. The maximum atomic E-state index is 13.4. The number of aryl methyl sites for hydroxylation is 1. The fourth-order valence-electron chi connectivity index (χ4n) is 3.26. The molecular formula is C24H32ClN3O4S. The van der Waals surface area contributed by atoms with Gasteiger partial charge in [0.25, 0.3) is 0 Å². The lowest BCUT2D eigenvalue weighted by molar-refractivity contribution is -0.139. The third kappa shape index (κ3) is 8.05. The number of carbonyl (C=O) groups excluding carboxylic acids is 2. The Balaban J connectivity index is 2.35. The second kappa shape index (κ2) is 11.5. The molecule has 0 saturated heterocycles. The SMILES string of the molecule is Cc1cccc(CN(C(=O)CN(c2ccc(Cl)cc2)S(C)(=O)=O)[C@@H](C)C(=O)NCC(C)C)c1. The van der Waals surface area contributed by atoms with Gasteiger partial charge in [-0.05, 0) is 49.6 Å². The fourth-order valence-corrected chi connectivity index (χ4v) is 4.24. The molecule has 1 N–H and O–H groups in total. The van der Waals surface area contributed by atoms with E-state index in [1.54, 1.807) is 31.2 Å². The number of hydrogen-bond acceptors (Lipinski definition) is 4. The Morgan fingerprint density at radius 2 is 1.70 bits per heavy atom. The van der Waals surface area contributed by atoms with Gasteiger partial charge in [0.15, 0.2) is 0 Å². The number of nitrogens with zero attached hydrogens (tertiary/aromatic N) is 2. The van der Waals surface area contributed by atoms with Crippen LogP contribution in [-0.2, 0) is 26.2 Å². The molecule has 0 saturated carbocycles. The van der Waals surface area contributed by atoms with Gasteiger partial charge in [0, 0.05) is 18.1 Å². The average Bonchev–Trinajstić information content (AvgIpc) is 2.73. The van der Waals surface area contributed by atoms with E-state index >= 15 is 0 Å². The van der Waals surface area contributed by atoms with Gasteiger partial charge >= 0.3 is 0 Å². The molecule has 2 amide bonds. The van der Waals surface area contributed by atoms with E-state index in [1.165, 1.54) is 4.90 Å². The lowest BCUT2D eigenvalue weighted by Gasteiger charge is -2.31. The van der Waals surface area contributed by atoms with E-state index in [1.807, 2.05) is 45.0 Å². The number of sulfonamides is 1. The van der Waals surface area contributed by atoms with Crippen molar-refractivity contribution in [3.63, 3.8) is 0 Å². The van der Waals surface area contributed by atoms with Crippen molar-refractivity contribution in [2.75, 3.05) is 23.7 Å². The molecule has 0 aromatic heterocycles. The van der Waals surface area contributed by atoms with Gasteiger partial charge in [-0.15, -0.1) is 0 Å². The highest BCUT2D eigenvalue weighted by Crippen LogP contribution is 2.21. The first-order valence-electron chi connectivity index (χ1n) is 10.7. The van der Waals surface area contributed by atoms with Crippen molar-refractivity contribution < 1.29 is 18.0 Å². The summed E-state index contributed by atoms with van der Waals surface area (Å²) in [5, 5.41) is 3.31. The molecule has 2 aromatic rings. The standard InChI is InChI=1S/C24H32ClN3O4S/c1-17(2)14-26-24(30)19(4)27(15-20-8-6-7-18(3)13-20)23(29)16-28(33(5,31)32)22-11-9-21(25)10-12-22/h6-13,17,19H,14-16H2,1-5H3,(H,26,30)/t19-/m0/s1. The van der Waals surface area contributed by atoms with Gasteiger partial charge in [0.2, 0.25) is 21.8 Å². The van der Waals surface area contributed by atoms with Gasteiger partial charge in [-0.25, -0.2) is 8.42 Å². The highest BCUT2D eigenvalue weighted by molar-refractivity contribution is 7.92. The summed E-state index contributed by atoms with van der Waals surface area (Å²) >= 11 is 5.93. The minimum Gasteiger partial charge on any atom is -0.354 e. The van der Waals surface area contributed by atoms with E-state index in [2.05, 4.69) is 5.32 Å². The molecule has 0 aliphatic heterocycles. The van der Waals surface area contributed by atoms with Crippen molar-refractivity contribution in [2.45, 2.75) is 40.3 Å². The van der Waals surface area contributed by atoms with E-state index in [9.17, 15) is 18.0 Å². The summed E-state index contributed by atoms with van der Waals surface area (Å²) in [6, 6.07) is 13.1. The van der Waals surface area contributed by atoms with Crippen LogP contribution < -0.4 is 9.62 Å². The van der Waals surface area contributed by atoms with E-state index in [0.29, 0.717) is 17.3 Å². The summed E-state index contributed by atoms with van der Waals surface area (Å²) in [5.41, 5.74) is 2.20. The van der Waals surface area contributed by atoms with E-state index < -0.39 is 28.5 Å². The molecule has 9 heteroatoms. The second-order valence-electron chi connectivity index (χ2n) is 8.57.